The Morgan fingerprint density at radius 1 is 1.09 bits per heavy atom. The number of aliphatic carboxylic acids is 1. The maximum atomic E-state index is 12.3. The summed E-state index contributed by atoms with van der Waals surface area (Å²) in [6.45, 7) is 0.404. The Hall–Kier alpha value is -2.82. The van der Waals surface area contributed by atoms with Gasteiger partial charge < -0.3 is 14.6 Å². The van der Waals surface area contributed by atoms with E-state index in [9.17, 15) is 14.7 Å². The molecule has 2 aromatic rings. The third-order valence-electron chi connectivity index (χ3n) is 3.95. The Bertz CT molecular complexity index is 714. The number of nitrogens with zero attached hydrogens (tertiary/aromatic N) is 1. The van der Waals surface area contributed by atoms with Crippen molar-refractivity contribution in [2.75, 3.05) is 6.54 Å². The van der Waals surface area contributed by atoms with Gasteiger partial charge in [-0.05, 0) is 23.1 Å². The number of hydrogen-bond donors (Lipinski definition) is 0. The molecule has 5 heteroatoms. The Morgan fingerprint density at radius 3 is 2.52 bits per heavy atom. The van der Waals surface area contributed by atoms with Crippen molar-refractivity contribution in [2.24, 2.45) is 0 Å². The van der Waals surface area contributed by atoms with E-state index in [0.717, 1.165) is 11.1 Å². The van der Waals surface area contributed by atoms with Gasteiger partial charge in [-0.3, -0.25) is 4.90 Å². The summed E-state index contributed by atoms with van der Waals surface area (Å²) in [7, 11) is 0. The number of fused-ring (bicyclic) bond motifs is 1. The Labute approximate surface area is 134 Å². The highest BCUT2D eigenvalue weighted by atomic mass is 16.6. The van der Waals surface area contributed by atoms with Crippen molar-refractivity contribution in [2.45, 2.75) is 19.1 Å². The topological polar surface area (TPSA) is 69.7 Å². The van der Waals surface area contributed by atoms with Crippen molar-refractivity contribution >= 4 is 12.1 Å². The molecule has 0 saturated heterocycles. The van der Waals surface area contributed by atoms with Crippen molar-refractivity contribution in [1.29, 1.82) is 0 Å². The highest BCUT2D eigenvalue weighted by Gasteiger charge is 2.32. The van der Waals surface area contributed by atoms with E-state index in [1.54, 1.807) is 12.1 Å². The first kappa shape index (κ1) is 15.1. The molecule has 0 fully saturated rings. The molecule has 1 aliphatic heterocycles. The van der Waals surface area contributed by atoms with E-state index in [2.05, 4.69) is 0 Å². The molecule has 1 atom stereocenters. The van der Waals surface area contributed by atoms with Gasteiger partial charge in [0.15, 0.2) is 0 Å². The number of carboxylic acids is 1. The monoisotopic (exact) mass is 310 g/mol. The fourth-order valence-corrected chi connectivity index (χ4v) is 2.82. The number of benzene rings is 2. The summed E-state index contributed by atoms with van der Waals surface area (Å²) in [5.74, 6) is -1.30. The van der Waals surface area contributed by atoms with Gasteiger partial charge in [0.05, 0.1) is 5.97 Å². The number of carbonyl (C=O) groups is 2. The average Bonchev–Trinajstić information content (AvgIpc) is 2.59. The summed E-state index contributed by atoms with van der Waals surface area (Å²) >= 11 is 0. The highest BCUT2D eigenvalue weighted by molar-refractivity contribution is 5.81. The van der Waals surface area contributed by atoms with Crippen LogP contribution >= 0.6 is 0 Å². The van der Waals surface area contributed by atoms with Crippen LogP contribution in [0.25, 0.3) is 0 Å². The van der Waals surface area contributed by atoms with Crippen LogP contribution in [0.2, 0.25) is 0 Å². The molecule has 1 amide bonds. The number of rotatable bonds is 3. The smallest absolute Gasteiger partial charge is 0.410 e. The summed E-state index contributed by atoms with van der Waals surface area (Å²) in [4.78, 5) is 25.1. The fraction of sp³-hybridized carbons (Fsp3) is 0.222. The van der Waals surface area contributed by atoms with Crippen LogP contribution in [0, 0.1) is 0 Å². The summed E-state index contributed by atoms with van der Waals surface area (Å²) in [6, 6.07) is 15.4. The third kappa shape index (κ3) is 3.18. The van der Waals surface area contributed by atoms with Crippen LogP contribution in [0.1, 0.15) is 22.7 Å². The van der Waals surface area contributed by atoms with Gasteiger partial charge >= 0.3 is 6.09 Å². The second-order valence-electron chi connectivity index (χ2n) is 5.40. The van der Waals surface area contributed by atoms with E-state index in [4.69, 9.17) is 4.74 Å². The van der Waals surface area contributed by atoms with Crippen LogP contribution < -0.4 is 5.11 Å². The van der Waals surface area contributed by atoms with Crippen molar-refractivity contribution in [3.63, 3.8) is 0 Å². The van der Waals surface area contributed by atoms with Gasteiger partial charge in [0.1, 0.15) is 12.6 Å². The lowest BCUT2D eigenvalue weighted by atomic mass is 9.93. The minimum atomic E-state index is -1.30. The summed E-state index contributed by atoms with van der Waals surface area (Å²) in [5, 5.41) is 11.5. The Balaban J connectivity index is 1.76. The zero-order valence-corrected chi connectivity index (χ0v) is 12.5. The standard InChI is InChI=1S/C18H17NO4/c20-17(21)16-15-9-5-4-8-14(15)10-11-19(16)18(22)23-12-13-6-2-1-3-7-13/h1-9,16H,10-12H2,(H,20,21)/p-1/t16-/m1/s1. The molecule has 1 aliphatic rings. The third-order valence-corrected chi connectivity index (χ3v) is 3.95. The van der Waals surface area contributed by atoms with Gasteiger partial charge in [0.25, 0.3) is 0 Å². The predicted molar refractivity (Wildman–Crippen MR) is 81.2 cm³/mol. The molecule has 0 spiro atoms. The molecular formula is C18H16NO4-. The van der Waals surface area contributed by atoms with Crippen molar-refractivity contribution in [1.82, 2.24) is 4.90 Å². The highest BCUT2D eigenvalue weighted by Crippen LogP contribution is 2.29. The minimum Gasteiger partial charge on any atom is -0.548 e. The summed E-state index contributed by atoms with van der Waals surface area (Å²) in [6.07, 6.45) is -0.0435. The van der Waals surface area contributed by atoms with Crippen LogP contribution in [0.5, 0.6) is 0 Å². The fourth-order valence-electron chi connectivity index (χ4n) is 2.82. The molecule has 0 N–H and O–H groups in total. The van der Waals surface area contributed by atoms with Gasteiger partial charge in [-0.2, -0.15) is 0 Å². The first-order valence-corrected chi connectivity index (χ1v) is 7.43. The van der Waals surface area contributed by atoms with Crippen molar-refractivity contribution < 1.29 is 19.4 Å². The predicted octanol–water partition coefficient (Wildman–Crippen LogP) is 1.67. The number of carboxylic acid groups (broad SMARTS) is 1. The quantitative estimate of drug-likeness (QED) is 0.865. The van der Waals surface area contributed by atoms with Gasteiger partial charge in [0, 0.05) is 6.54 Å². The van der Waals surface area contributed by atoms with E-state index < -0.39 is 18.1 Å². The molecule has 0 saturated carbocycles. The molecule has 0 bridgehead atoms. The molecule has 23 heavy (non-hydrogen) atoms. The van der Waals surface area contributed by atoms with E-state index in [1.807, 2.05) is 42.5 Å². The number of amides is 1. The second kappa shape index (κ2) is 6.52. The first-order valence-electron chi connectivity index (χ1n) is 7.43. The number of carbonyl (C=O) groups excluding carboxylic acids is 2. The normalized spacial score (nSPS) is 16.5. The molecular weight excluding hydrogens is 294 g/mol. The molecule has 0 aromatic heterocycles. The zero-order chi connectivity index (χ0) is 16.2. The summed E-state index contributed by atoms with van der Waals surface area (Å²) in [5.41, 5.74) is 2.37. The van der Waals surface area contributed by atoms with Crippen molar-refractivity contribution in [3.05, 3.63) is 71.3 Å². The molecule has 118 valence electrons. The van der Waals surface area contributed by atoms with E-state index in [0.29, 0.717) is 18.5 Å². The minimum absolute atomic E-state index is 0.109. The number of ether oxygens (including phenoxy) is 1. The lowest BCUT2D eigenvalue weighted by Gasteiger charge is -2.37. The van der Waals surface area contributed by atoms with Gasteiger partial charge in [-0.25, -0.2) is 4.79 Å². The number of hydrogen-bond acceptors (Lipinski definition) is 4. The first-order chi connectivity index (χ1) is 11.2. The maximum absolute atomic E-state index is 12.3. The van der Waals surface area contributed by atoms with Crippen LogP contribution in [0.15, 0.2) is 54.6 Å². The van der Waals surface area contributed by atoms with E-state index in [-0.39, 0.29) is 6.61 Å². The zero-order valence-electron chi connectivity index (χ0n) is 12.5. The molecule has 5 nitrogen and oxygen atoms in total. The van der Waals surface area contributed by atoms with E-state index in [1.165, 1.54) is 4.90 Å². The molecule has 1 heterocycles. The van der Waals surface area contributed by atoms with Gasteiger partial charge in [-0.15, -0.1) is 0 Å². The second-order valence-corrected chi connectivity index (χ2v) is 5.40. The van der Waals surface area contributed by atoms with Crippen molar-refractivity contribution in [3.8, 4) is 0 Å². The van der Waals surface area contributed by atoms with Gasteiger partial charge in [0.2, 0.25) is 0 Å². The largest absolute Gasteiger partial charge is 0.548 e. The van der Waals surface area contributed by atoms with Gasteiger partial charge in [-0.1, -0.05) is 54.6 Å². The Kier molecular flexibility index (Phi) is 4.28. The maximum Gasteiger partial charge on any atom is 0.410 e. The molecule has 0 radical (unpaired) electrons. The van der Waals surface area contributed by atoms with Crippen LogP contribution in [-0.2, 0) is 22.6 Å². The van der Waals surface area contributed by atoms with E-state index >= 15 is 0 Å². The lowest BCUT2D eigenvalue weighted by Crippen LogP contribution is -2.48. The Morgan fingerprint density at radius 2 is 1.78 bits per heavy atom. The van der Waals surface area contributed by atoms with Crippen LogP contribution in [0.4, 0.5) is 4.79 Å². The molecule has 0 aliphatic carbocycles. The van der Waals surface area contributed by atoms with Crippen LogP contribution in [0.3, 0.4) is 0 Å². The summed E-state index contributed by atoms with van der Waals surface area (Å²) < 4.78 is 5.26. The SMILES string of the molecule is O=C([O-])[C@H]1c2ccccc2CCN1C(=O)OCc1ccccc1. The lowest BCUT2D eigenvalue weighted by molar-refractivity contribution is -0.312. The molecule has 3 rings (SSSR count). The average molecular weight is 310 g/mol. The van der Waals surface area contributed by atoms with Crippen LogP contribution in [-0.4, -0.2) is 23.5 Å². The molecule has 0 unspecified atom stereocenters. The molecule has 2 aromatic carbocycles.